The van der Waals surface area contributed by atoms with Crippen LogP contribution < -0.4 is 0 Å². The summed E-state index contributed by atoms with van der Waals surface area (Å²) < 4.78 is 9.69. The number of aromatic nitrogens is 3. The number of aryl methyl sites for hydroxylation is 1. The van der Waals surface area contributed by atoms with Crippen molar-refractivity contribution in [2.75, 3.05) is 0 Å². The minimum Gasteiger partial charge on any atom is -0.481 e. The van der Waals surface area contributed by atoms with E-state index in [-0.39, 0.29) is 18.1 Å². The van der Waals surface area contributed by atoms with Gasteiger partial charge >= 0.3 is 5.97 Å². The van der Waals surface area contributed by atoms with Crippen LogP contribution in [0.3, 0.4) is 0 Å². The van der Waals surface area contributed by atoms with Crippen molar-refractivity contribution >= 4 is 5.97 Å². The van der Waals surface area contributed by atoms with Gasteiger partial charge in [-0.2, -0.15) is 4.98 Å². The molecule has 0 saturated heterocycles. The fraction of sp³-hybridized carbons (Fsp3) is 0.250. The highest BCUT2D eigenvalue weighted by molar-refractivity contribution is 5.68. The van der Waals surface area contributed by atoms with E-state index >= 15 is 0 Å². The maximum Gasteiger partial charge on any atom is 0.312 e. The first-order chi connectivity index (χ1) is 7.16. The van der Waals surface area contributed by atoms with E-state index in [1.54, 1.807) is 6.92 Å². The van der Waals surface area contributed by atoms with Crippen molar-refractivity contribution in [1.82, 2.24) is 15.1 Å². The molecular formula is C8H7N3O4. The van der Waals surface area contributed by atoms with Gasteiger partial charge in [-0.1, -0.05) is 5.16 Å². The lowest BCUT2D eigenvalue weighted by atomic mass is 10.3. The minimum absolute atomic E-state index is 0.0416. The molecule has 78 valence electrons. The van der Waals surface area contributed by atoms with Gasteiger partial charge in [0.1, 0.15) is 12.2 Å². The van der Waals surface area contributed by atoms with Crippen molar-refractivity contribution < 1.29 is 18.8 Å². The topological polar surface area (TPSA) is 102 Å². The SMILES string of the molecule is Cc1ocnc1-c1noc(CC(=O)O)n1. The van der Waals surface area contributed by atoms with Crippen LogP contribution in [-0.2, 0) is 11.2 Å². The number of carboxylic acids is 1. The first kappa shape index (κ1) is 9.38. The Balaban J connectivity index is 2.28. The molecule has 0 bridgehead atoms. The molecule has 0 aliphatic carbocycles. The van der Waals surface area contributed by atoms with E-state index in [2.05, 4.69) is 15.1 Å². The molecule has 0 atom stereocenters. The number of nitrogens with zero attached hydrogens (tertiary/aromatic N) is 3. The van der Waals surface area contributed by atoms with Gasteiger partial charge in [0.15, 0.2) is 12.1 Å². The number of carboxylic acid groups (broad SMARTS) is 1. The number of hydrogen-bond donors (Lipinski definition) is 1. The molecule has 0 fully saturated rings. The summed E-state index contributed by atoms with van der Waals surface area (Å²) >= 11 is 0. The molecule has 0 spiro atoms. The molecule has 0 saturated carbocycles. The van der Waals surface area contributed by atoms with Crippen LogP contribution in [0.25, 0.3) is 11.5 Å². The molecule has 0 unspecified atom stereocenters. The first-order valence-corrected chi connectivity index (χ1v) is 4.11. The lowest BCUT2D eigenvalue weighted by molar-refractivity contribution is -0.136. The van der Waals surface area contributed by atoms with Crippen LogP contribution in [-0.4, -0.2) is 26.2 Å². The lowest BCUT2D eigenvalue weighted by Gasteiger charge is -1.85. The van der Waals surface area contributed by atoms with Crippen LogP contribution >= 0.6 is 0 Å². The third kappa shape index (κ3) is 1.85. The summed E-state index contributed by atoms with van der Waals surface area (Å²) in [5.41, 5.74) is 0.454. The maximum atomic E-state index is 10.4. The smallest absolute Gasteiger partial charge is 0.312 e. The van der Waals surface area contributed by atoms with Gasteiger partial charge < -0.3 is 14.0 Å². The Morgan fingerprint density at radius 2 is 2.40 bits per heavy atom. The number of rotatable bonds is 3. The Kier molecular flexibility index (Phi) is 2.20. The molecule has 0 aliphatic heterocycles. The van der Waals surface area contributed by atoms with E-state index in [9.17, 15) is 4.79 Å². The van der Waals surface area contributed by atoms with Crippen molar-refractivity contribution in [2.24, 2.45) is 0 Å². The molecule has 2 rings (SSSR count). The van der Waals surface area contributed by atoms with Crippen LogP contribution in [0.5, 0.6) is 0 Å². The predicted molar refractivity (Wildman–Crippen MR) is 45.9 cm³/mol. The molecule has 1 N–H and O–H groups in total. The average Bonchev–Trinajstić information content (AvgIpc) is 2.72. The highest BCUT2D eigenvalue weighted by Crippen LogP contribution is 2.17. The van der Waals surface area contributed by atoms with E-state index in [4.69, 9.17) is 14.0 Å². The summed E-state index contributed by atoms with van der Waals surface area (Å²) in [5, 5.41) is 12.1. The highest BCUT2D eigenvalue weighted by Gasteiger charge is 2.15. The van der Waals surface area contributed by atoms with Crippen molar-refractivity contribution in [3.63, 3.8) is 0 Å². The van der Waals surface area contributed by atoms with Gasteiger partial charge in [0.25, 0.3) is 0 Å². The fourth-order valence-corrected chi connectivity index (χ4v) is 1.07. The summed E-state index contributed by atoms with van der Waals surface area (Å²) in [4.78, 5) is 18.1. The Hall–Kier alpha value is -2.18. The average molecular weight is 209 g/mol. The number of hydrogen-bond acceptors (Lipinski definition) is 6. The molecule has 2 aromatic heterocycles. The van der Waals surface area contributed by atoms with Gasteiger partial charge in [0.05, 0.1) is 0 Å². The van der Waals surface area contributed by atoms with Crippen LogP contribution in [0.15, 0.2) is 15.3 Å². The number of carbonyl (C=O) groups is 1. The van der Waals surface area contributed by atoms with Crippen molar-refractivity contribution in [1.29, 1.82) is 0 Å². The Morgan fingerprint density at radius 1 is 1.60 bits per heavy atom. The Bertz CT molecular complexity index is 488. The van der Waals surface area contributed by atoms with Gasteiger partial charge in [-0.3, -0.25) is 4.79 Å². The van der Waals surface area contributed by atoms with Crippen LogP contribution in [0.1, 0.15) is 11.7 Å². The van der Waals surface area contributed by atoms with Gasteiger partial charge in [0, 0.05) is 0 Å². The molecule has 0 radical (unpaired) electrons. The molecule has 0 aromatic carbocycles. The number of aliphatic carboxylic acids is 1. The Labute approximate surface area is 83.7 Å². The van der Waals surface area contributed by atoms with Gasteiger partial charge in [0.2, 0.25) is 11.7 Å². The van der Waals surface area contributed by atoms with Crippen molar-refractivity contribution in [3.8, 4) is 11.5 Å². The molecule has 2 aromatic rings. The fourth-order valence-electron chi connectivity index (χ4n) is 1.07. The summed E-state index contributed by atoms with van der Waals surface area (Å²) in [6.45, 7) is 1.70. The van der Waals surface area contributed by atoms with Gasteiger partial charge in [-0.15, -0.1) is 0 Å². The van der Waals surface area contributed by atoms with Crippen molar-refractivity contribution in [3.05, 3.63) is 18.0 Å². The maximum absolute atomic E-state index is 10.4. The second kappa shape index (κ2) is 3.52. The van der Waals surface area contributed by atoms with E-state index in [0.29, 0.717) is 11.5 Å². The molecule has 15 heavy (non-hydrogen) atoms. The first-order valence-electron chi connectivity index (χ1n) is 4.11. The molecular weight excluding hydrogens is 202 g/mol. The quantitative estimate of drug-likeness (QED) is 0.791. The van der Waals surface area contributed by atoms with Gasteiger partial charge in [-0.05, 0) is 6.92 Å². The third-order valence-electron chi connectivity index (χ3n) is 1.73. The molecule has 0 aliphatic rings. The van der Waals surface area contributed by atoms with E-state index < -0.39 is 5.97 Å². The predicted octanol–water partition coefficient (Wildman–Crippen LogP) is 0.660. The summed E-state index contributed by atoms with van der Waals surface area (Å²) in [7, 11) is 0. The third-order valence-corrected chi connectivity index (χ3v) is 1.73. The van der Waals surface area contributed by atoms with Gasteiger partial charge in [-0.25, -0.2) is 4.98 Å². The van der Waals surface area contributed by atoms with Crippen LogP contribution in [0.4, 0.5) is 0 Å². The van der Waals surface area contributed by atoms with E-state index in [1.807, 2.05) is 0 Å². The van der Waals surface area contributed by atoms with Crippen LogP contribution in [0.2, 0.25) is 0 Å². The zero-order chi connectivity index (χ0) is 10.8. The zero-order valence-corrected chi connectivity index (χ0v) is 7.80. The standard InChI is InChI=1S/C8H7N3O4/c1-4-7(9-3-14-4)8-10-5(15-11-8)2-6(12)13/h3H,2H2,1H3,(H,12,13). The summed E-state index contributed by atoms with van der Waals surface area (Å²) in [6.07, 6.45) is 0.960. The molecule has 7 heteroatoms. The second-order valence-corrected chi connectivity index (χ2v) is 2.84. The van der Waals surface area contributed by atoms with Crippen molar-refractivity contribution in [2.45, 2.75) is 13.3 Å². The second-order valence-electron chi connectivity index (χ2n) is 2.84. The molecule has 2 heterocycles. The lowest BCUT2D eigenvalue weighted by Crippen LogP contribution is -1.99. The monoisotopic (exact) mass is 209 g/mol. The number of oxazole rings is 1. The minimum atomic E-state index is -1.03. The van der Waals surface area contributed by atoms with E-state index in [1.165, 1.54) is 6.39 Å². The Morgan fingerprint density at radius 3 is 3.00 bits per heavy atom. The molecule has 7 nitrogen and oxygen atoms in total. The zero-order valence-electron chi connectivity index (χ0n) is 7.80. The van der Waals surface area contributed by atoms with E-state index in [0.717, 1.165) is 0 Å². The highest BCUT2D eigenvalue weighted by atomic mass is 16.5. The normalized spacial score (nSPS) is 10.5. The largest absolute Gasteiger partial charge is 0.481 e. The molecule has 0 amide bonds. The van der Waals surface area contributed by atoms with Crippen LogP contribution in [0, 0.1) is 6.92 Å². The summed E-state index contributed by atoms with van der Waals surface area (Å²) in [5.74, 6) is -0.197. The summed E-state index contributed by atoms with van der Waals surface area (Å²) in [6, 6.07) is 0.